The fourth-order valence-corrected chi connectivity index (χ4v) is 1.55. The molecule has 106 valence electrons. The number of aromatic amines is 1. The predicted octanol–water partition coefficient (Wildman–Crippen LogP) is 2.77. The van der Waals surface area contributed by atoms with Gasteiger partial charge in [-0.15, -0.1) is 5.10 Å². The van der Waals surface area contributed by atoms with Crippen LogP contribution in [-0.4, -0.2) is 21.1 Å². The molecular formula is C13H14F2N4O. The van der Waals surface area contributed by atoms with Gasteiger partial charge in [0.1, 0.15) is 17.5 Å². The second-order valence-electron chi connectivity index (χ2n) is 4.73. The van der Waals surface area contributed by atoms with Crippen LogP contribution >= 0.6 is 0 Å². The Morgan fingerprint density at radius 1 is 1.30 bits per heavy atom. The van der Waals surface area contributed by atoms with Crippen LogP contribution < -0.4 is 5.32 Å². The molecule has 2 rings (SSSR count). The van der Waals surface area contributed by atoms with Crippen molar-refractivity contribution in [3.8, 4) is 0 Å². The van der Waals surface area contributed by atoms with Gasteiger partial charge in [0, 0.05) is 12.0 Å². The van der Waals surface area contributed by atoms with Gasteiger partial charge >= 0.3 is 0 Å². The van der Waals surface area contributed by atoms with E-state index in [4.69, 9.17) is 0 Å². The Balaban J connectivity index is 2.21. The van der Waals surface area contributed by atoms with Crippen LogP contribution in [0.25, 0.3) is 0 Å². The summed E-state index contributed by atoms with van der Waals surface area (Å²) in [6.45, 7) is 5.21. The SMILES string of the molecule is Cc1cc(F)c(NC(=O)c2n[nH]c(C(C)C)n2)cc1F. The number of nitrogens with zero attached hydrogens (tertiary/aromatic N) is 2. The average Bonchev–Trinajstić information content (AvgIpc) is 2.85. The summed E-state index contributed by atoms with van der Waals surface area (Å²) in [5.41, 5.74) is -0.0746. The van der Waals surface area contributed by atoms with E-state index < -0.39 is 17.5 Å². The van der Waals surface area contributed by atoms with Crippen LogP contribution in [0.1, 0.15) is 41.8 Å². The summed E-state index contributed by atoms with van der Waals surface area (Å²) >= 11 is 0. The molecule has 0 atom stereocenters. The molecule has 1 heterocycles. The molecule has 0 aliphatic rings. The number of amides is 1. The minimum Gasteiger partial charge on any atom is -0.317 e. The maximum Gasteiger partial charge on any atom is 0.295 e. The molecule has 0 spiro atoms. The topological polar surface area (TPSA) is 70.7 Å². The molecule has 0 aliphatic heterocycles. The summed E-state index contributed by atoms with van der Waals surface area (Å²) < 4.78 is 27.0. The van der Waals surface area contributed by atoms with E-state index in [1.54, 1.807) is 0 Å². The third-order valence-corrected chi connectivity index (χ3v) is 2.75. The summed E-state index contributed by atoms with van der Waals surface area (Å²) in [6, 6.07) is 1.95. The smallest absolute Gasteiger partial charge is 0.295 e. The van der Waals surface area contributed by atoms with Crippen molar-refractivity contribution in [1.82, 2.24) is 15.2 Å². The van der Waals surface area contributed by atoms with Gasteiger partial charge in [-0.05, 0) is 18.6 Å². The quantitative estimate of drug-likeness (QED) is 0.908. The Bertz CT molecular complexity index is 652. The molecule has 7 heteroatoms. The van der Waals surface area contributed by atoms with Gasteiger partial charge in [0.25, 0.3) is 5.91 Å². The molecule has 0 bridgehead atoms. The molecule has 1 amide bonds. The molecule has 0 unspecified atom stereocenters. The molecule has 20 heavy (non-hydrogen) atoms. The Hall–Kier alpha value is -2.31. The van der Waals surface area contributed by atoms with Crippen LogP contribution in [0.3, 0.4) is 0 Å². The van der Waals surface area contributed by atoms with Gasteiger partial charge in [-0.1, -0.05) is 13.8 Å². The molecule has 2 aromatic rings. The Morgan fingerprint density at radius 2 is 2.00 bits per heavy atom. The van der Waals surface area contributed by atoms with Gasteiger partial charge in [-0.3, -0.25) is 9.89 Å². The number of anilines is 1. The zero-order chi connectivity index (χ0) is 14.9. The summed E-state index contributed by atoms with van der Waals surface area (Å²) in [5, 5.41) is 8.60. The number of rotatable bonds is 3. The average molecular weight is 280 g/mol. The van der Waals surface area contributed by atoms with Gasteiger partial charge in [-0.2, -0.15) is 0 Å². The molecule has 0 saturated heterocycles. The molecule has 1 aromatic heterocycles. The third kappa shape index (κ3) is 2.81. The van der Waals surface area contributed by atoms with Gasteiger partial charge in [0.15, 0.2) is 0 Å². The lowest BCUT2D eigenvalue weighted by molar-refractivity contribution is 0.101. The van der Waals surface area contributed by atoms with Crippen molar-refractivity contribution in [3.63, 3.8) is 0 Å². The maximum absolute atomic E-state index is 13.6. The zero-order valence-electron chi connectivity index (χ0n) is 11.3. The number of carbonyl (C=O) groups excluding carboxylic acids is 1. The first-order chi connectivity index (χ1) is 9.38. The highest BCUT2D eigenvalue weighted by Crippen LogP contribution is 2.19. The first-order valence-corrected chi connectivity index (χ1v) is 6.07. The Morgan fingerprint density at radius 3 is 2.60 bits per heavy atom. The number of H-pyrrole nitrogens is 1. The van der Waals surface area contributed by atoms with Crippen molar-refractivity contribution < 1.29 is 13.6 Å². The molecule has 1 aromatic carbocycles. The lowest BCUT2D eigenvalue weighted by Crippen LogP contribution is -2.15. The minimum absolute atomic E-state index is 0.0811. The summed E-state index contributed by atoms with van der Waals surface area (Å²) in [4.78, 5) is 15.8. The number of hydrogen-bond donors (Lipinski definition) is 2. The van der Waals surface area contributed by atoms with Gasteiger partial charge in [0.05, 0.1) is 5.69 Å². The van der Waals surface area contributed by atoms with Crippen LogP contribution in [-0.2, 0) is 0 Å². The Kier molecular flexibility index (Phi) is 3.78. The summed E-state index contributed by atoms with van der Waals surface area (Å²) in [7, 11) is 0. The Labute approximate surface area is 114 Å². The van der Waals surface area contributed by atoms with Gasteiger partial charge in [-0.25, -0.2) is 13.8 Å². The fraction of sp³-hybridized carbons (Fsp3) is 0.308. The standard InChI is InChI=1S/C13H14F2N4O/c1-6(2)11-17-12(19-18-11)13(20)16-10-5-8(14)7(3)4-9(10)15/h4-6H,1-3H3,(H,16,20)(H,17,18,19). The monoisotopic (exact) mass is 280 g/mol. The zero-order valence-corrected chi connectivity index (χ0v) is 11.3. The van der Waals surface area contributed by atoms with E-state index in [0.717, 1.165) is 12.1 Å². The predicted molar refractivity (Wildman–Crippen MR) is 69.5 cm³/mol. The van der Waals surface area contributed by atoms with Crippen molar-refractivity contribution in [3.05, 3.63) is 41.0 Å². The number of hydrogen-bond acceptors (Lipinski definition) is 3. The lowest BCUT2D eigenvalue weighted by atomic mass is 10.2. The third-order valence-electron chi connectivity index (χ3n) is 2.75. The highest BCUT2D eigenvalue weighted by molar-refractivity contribution is 6.01. The van der Waals surface area contributed by atoms with Crippen molar-refractivity contribution in [1.29, 1.82) is 0 Å². The van der Waals surface area contributed by atoms with Crippen molar-refractivity contribution in [2.75, 3.05) is 5.32 Å². The number of aromatic nitrogens is 3. The molecule has 2 N–H and O–H groups in total. The van der Waals surface area contributed by atoms with Crippen LogP contribution in [0.4, 0.5) is 14.5 Å². The summed E-state index contributed by atoms with van der Waals surface area (Å²) in [5.74, 6) is -1.50. The fourth-order valence-electron chi connectivity index (χ4n) is 1.55. The van der Waals surface area contributed by atoms with Crippen molar-refractivity contribution >= 4 is 11.6 Å². The number of halogens is 2. The molecule has 0 radical (unpaired) electrons. The largest absolute Gasteiger partial charge is 0.317 e. The van der Waals surface area contributed by atoms with Crippen molar-refractivity contribution in [2.24, 2.45) is 0 Å². The second kappa shape index (κ2) is 5.36. The number of aryl methyl sites for hydroxylation is 1. The summed E-state index contributed by atoms with van der Waals surface area (Å²) in [6.07, 6.45) is 0. The van der Waals surface area contributed by atoms with Gasteiger partial charge < -0.3 is 5.32 Å². The van der Waals surface area contributed by atoms with E-state index in [0.29, 0.717) is 5.82 Å². The van der Waals surface area contributed by atoms with E-state index in [2.05, 4.69) is 20.5 Å². The molecule has 0 saturated carbocycles. The van der Waals surface area contributed by atoms with Crippen molar-refractivity contribution in [2.45, 2.75) is 26.7 Å². The first kappa shape index (κ1) is 14.1. The minimum atomic E-state index is -0.711. The van der Waals surface area contributed by atoms with Gasteiger partial charge in [0.2, 0.25) is 5.82 Å². The van der Waals surface area contributed by atoms with E-state index >= 15 is 0 Å². The number of carbonyl (C=O) groups is 1. The number of nitrogens with one attached hydrogen (secondary N) is 2. The van der Waals surface area contributed by atoms with Crippen LogP contribution in [0.5, 0.6) is 0 Å². The molecule has 0 fully saturated rings. The molecular weight excluding hydrogens is 266 g/mol. The van der Waals surface area contributed by atoms with E-state index in [1.807, 2.05) is 13.8 Å². The van der Waals surface area contributed by atoms with Crippen LogP contribution in [0.15, 0.2) is 12.1 Å². The normalized spacial score (nSPS) is 10.9. The van der Waals surface area contributed by atoms with Crippen LogP contribution in [0.2, 0.25) is 0 Å². The lowest BCUT2D eigenvalue weighted by Gasteiger charge is -2.06. The highest BCUT2D eigenvalue weighted by atomic mass is 19.1. The highest BCUT2D eigenvalue weighted by Gasteiger charge is 2.16. The maximum atomic E-state index is 13.6. The number of benzene rings is 1. The van der Waals surface area contributed by atoms with E-state index in [1.165, 1.54) is 6.92 Å². The second-order valence-corrected chi connectivity index (χ2v) is 4.73. The van der Waals surface area contributed by atoms with Crippen LogP contribution in [0, 0.1) is 18.6 Å². The molecule has 5 nitrogen and oxygen atoms in total. The first-order valence-electron chi connectivity index (χ1n) is 6.07. The van der Waals surface area contributed by atoms with E-state index in [-0.39, 0.29) is 23.0 Å². The van der Waals surface area contributed by atoms with E-state index in [9.17, 15) is 13.6 Å². The molecule has 0 aliphatic carbocycles.